The monoisotopic (exact) mass is 287 g/mol. The summed E-state index contributed by atoms with van der Waals surface area (Å²) >= 11 is 0. The first-order valence-corrected chi connectivity index (χ1v) is 7.17. The topological polar surface area (TPSA) is 47.6 Å². The maximum Gasteiger partial charge on any atom is 0.343 e. The van der Waals surface area contributed by atoms with Crippen molar-refractivity contribution in [3.05, 3.63) is 42.0 Å². The van der Waals surface area contributed by atoms with Gasteiger partial charge in [0.15, 0.2) is 6.61 Å². The van der Waals surface area contributed by atoms with Crippen molar-refractivity contribution in [1.82, 2.24) is 5.32 Å². The van der Waals surface area contributed by atoms with Gasteiger partial charge in [-0.2, -0.15) is 0 Å². The second kappa shape index (κ2) is 7.64. The molecule has 2 rings (SSSR count). The summed E-state index contributed by atoms with van der Waals surface area (Å²) in [5.74, 6) is 0.346. The van der Waals surface area contributed by atoms with Crippen LogP contribution in [0.1, 0.15) is 18.9 Å². The number of nitrogens with one attached hydrogen (secondary N) is 1. The van der Waals surface area contributed by atoms with Crippen molar-refractivity contribution in [3.8, 4) is 5.75 Å². The van der Waals surface area contributed by atoms with E-state index in [1.54, 1.807) is 0 Å². The van der Waals surface area contributed by atoms with Gasteiger partial charge in [0, 0.05) is 12.1 Å². The zero-order chi connectivity index (χ0) is 15.1. The highest BCUT2D eigenvalue weighted by Crippen LogP contribution is 2.28. The molecule has 0 saturated heterocycles. The van der Waals surface area contributed by atoms with Crippen molar-refractivity contribution in [2.45, 2.75) is 19.9 Å². The van der Waals surface area contributed by atoms with E-state index in [0.29, 0.717) is 6.54 Å². The summed E-state index contributed by atoms with van der Waals surface area (Å²) in [4.78, 5) is 11.3. The van der Waals surface area contributed by atoms with Gasteiger partial charge in [0.25, 0.3) is 0 Å². The molecule has 0 bridgehead atoms. The Labute approximate surface area is 125 Å². The largest absolute Gasteiger partial charge is 0.482 e. The molecule has 0 fully saturated rings. The quantitative estimate of drug-likeness (QED) is 0.628. The van der Waals surface area contributed by atoms with Gasteiger partial charge >= 0.3 is 5.97 Å². The summed E-state index contributed by atoms with van der Waals surface area (Å²) in [5.41, 5.74) is 1.07. The van der Waals surface area contributed by atoms with Gasteiger partial charge in [-0.1, -0.05) is 37.3 Å². The summed E-state index contributed by atoms with van der Waals surface area (Å²) in [6.45, 7) is 3.71. The van der Waals surface area contributed by atoms with Crippen LogP contribution in [0, 0.1) is 0 Å². The third kappa shape index (κ3) is 3.95. The average Bonchev–Trinajstić information content (AvgIpc) is 2.53. The molecule has 0 aliphatic heterocycles. The summed E-state index contributed by atoms with van der Waals surface area (Å²) in [7, 11) is 1.36. The molecule has 0 heterocycles. The van der Waals surface area contributed by atoms with Gasteiger partial charge in [-0.05, 0) is 29.8 Å². The zero-order valence-corrected chi connectivity index (χ0v) is 12.5. The molecule has 0 amide bonds. The number of rotatable bonds is 7. The van der Waals surface area contributed by atoms with Crippen LogP contribution in [0.5, 0.6) is 5.75 Å². The fourth-order valence-corrected chi connectivity index (χ4v) is 2.22. The average molecular weight is 287 g/mol. The number of esters is 1. The van der Waals surface area contributed by atoms with Crippen molar-refractivity contribution >= 4 is 16.7 Å². The maximum absolute atomic E-state index is 11.3. The molecule has 4 heteroatoms. The Morgan fingerprint density at radius 1 is 1.19 bits per heavy atom. The lowest BCUT2D eigenvalue weighted by Gasteiger charge is -2.14. The van der Waals surface area contributed by atoms with Crippen LogP contribution in [-0.2, 0) is 16.1 Å². The molecule has 0 saturated carbocycles. The van der Waals surface area contributed by atoms with E-state index < -0.39 is 0 Å². The van der Waals surface area contributed by atoms with Crippen LogP contribution >= 0.6 is 0 Å². The SMILES string of the molecule is CCCNCc1c(OCC(=O)OC)ccc2ccccc12. The van der Waals surface area contributed by atoms with E-state index in [1.165, 1.54) is 7.11 Å². The van der Waals surface area contributed by atoms with Crippen LogP contribution in [0.25, 0.3) is 10.8 Å². The Morgan fingerprint density at radius 3 is 2.76 bits per heavy atom. The van der Waals surface area contributed by atoms with Gasteiger partial charge in [0.1, 0.15) is 5.75 Å². The first-order valence-electron chi connectivity index (χ1n) is 7.17. The smallest absolute Gasteiger partial charge is 0.343 e. The van der Waals surface area contributed by atoms with Crippen LogP contribution in [-0.4, -0.2) is 26.2 Å². The first kappa shape index (κ1) is 15.3. The molecule has 21 heavy (non-hydrogen) atoms. The van der Waals surface area contributed by atoms with Crippen molar-refractivity contribution in [3.63, 3.8) is 0 Å². The summed E-state index contributed by atoms with van der Waals surface area (Å²) in [6, 6.07) is 12.1. The molecule has 2 aromatic rings. The minimum absolute atomic E-state index is 0.0738. The Hall–Kier alpha value is -2.07. The van der Waals surface area contributed by atoms with E-state index in [9.17, 15) is 4.79 Å². The van der Waals surface area contributed by atoms with Crippen molar-refractivity contribution < 1.29 is 14.3 Å². The van der Waals surface area contributed by atoms with Crippen LogP contribution in [0.2, 0.25) is 0 Å². The molecule has 0 unspecified atom stereocenters. The number of methoxy groups -OCH3 is 1. The molecule has 0 aromatic heterocycles. The zero-order valence-electron chi connectivity index (χ0n) is 12.5. The number of fused-ring (bicyclic) bond motifs is 1. The van der Waals surface area contributed by atoms with E-state index in [4.69, 9.17) is 4.74 Å². The Balaban J connectivity index is 2.29. The number of benzene rings is 2. The third-order valence-electron chi connectivity index (χ3n) is 3.30. The minimum atomic E-state index is -0.379. The number of carbonyl (C=O) groups is 1. The number of ether oxygens (including phenoxy) is 2. The predicted molar refractivity (Wildman–Crippen MR) is 83.5 cm³/mol. The van der Waals surface area contributed by atoms with Crippen molar-refractivity contribution in [2.24, 2.45) is 0 Å². The molecule has 0 atom stereocenters. The van der Waals surface area contributed by atoms with Gasteiger partial charge in [0.2, 0.25) is 0 Å². The Kier molecular flexibility index (Phi) is 5.58. The molecule has 1 N–H and O–H groups in total. The lowest BCUT2D eigenvalue weighted by atomic mass is 10.0. The van der Waals surface area contributed by atoms with Crippen LogP contribution < -0.4 is 10.1 Å². The van der Waals surface area contributed by atoms with Gasteiger partial charge in [-0.15, -0.1) is 0 Å². The molecule has 0 spiro atoms. The lowest BCUT2D eigenvalue weighted by Crippen LogP contribution is -2.17. The second-order valence-electron chi connectivity index (χ2n) is 4.80. The van der Waals surface area contributed by atoms with E-state index >= 15 is 0 Å². The first-order chi connectivity index (χ1) is 10.3. The fraction of sp³-hybridized carbons (Fsp3) is 0.353. The number of hydrogen-bond acceptors (Lipinski definition) is 4. The highest BCUT2D eigenvalue weighted by atomic mass is 16.6. The van der Waals surface area contributed by atoms with Crippen LogP contribution in [0.15, 0.2) is 36.4 Å². The highest BCUT2D eigenvalue weighted by Gasteiger charge is 2.10. The summed E-state index contributed by atoms with van der Waals surface area (Å²) < 4.78 is 10.2. The van der Waals surface area contributed by atoms with E-state index in [0.717, 1.165) is 35.1 Å². The highest BCUT2D eigenvalue weighted by molar-refractivity contribution is 5.87. The predicted octanol–water partition coefficient (Wildman–Crippen LogP) is 2.89. The van der Waals surface area contributed by atoms with Crippen molar-refractivity contribution in [2.75, 3.05) is 20.3 Å². The van der Waals surface area contributed by atoms with Gasteiger partial charge in [0.05, 0.1) is 7.11 Å². The molecular weight excluding hydrogens is 266 g/mol. The van der Waals surface area contributed by atoms with E-state index in [-0.39, 0.29) is 12.6 Å². The second-order valence-corrected chi connectivity index (χ2v) is 4.80. The van der Waals surface area contributed by atoms with E-state index in [1.807, 2.05) is 24.3 Å². The van der Waals surface area contributed by atoms with Crippen molar-refractivity contribution in [1.29, 1.82) is 0 Å². The fourth-order valence-electron chi connectivity index (χ4n) is 2.22. The Morgan fingerprint density at radius 2 is 2.00 bits per heavy atom. The summed E-state index contributed by atoms with van der Waals surface area (Å²) in [6.07, 6.45) is 1.07. The normalized spacial score (nSPS) is 10.6. The third-order valence-corrected chi connectivity index (χ3v) is 3.30. The lowest BCUT2D eigenvalue weighted by molar-refractivity contribution is -0.142. The van der Waals surface area contributed by atoms with Gasteiger partial charge < -0.3 is 14.8 Å². The van der Waals surface area contributed by atoms with Crippen LogP contribution in [0.4, 0.5) is 0 Å². The Bertz CT molecular complexity index is 610. The summed E-state index contributed by atoms with van der Waals surface area (Å²) in [5, 5.41) is 5.69. The molecule has 0 aliphatic carbocycles. The molecule has 112 valence electrons. The molecule has 0 radical (unpaired) electrons. The number of carbonyl (C=O) groups excluding carboxylic acids is 1. The molecular formula is C17H21NO3. The molecule has 4 nitrogen and oxygen atoms in total. The molecule has 2 aromatic carbocycles. The van der Waals surface area contributed by atoms with Crippen LogP contribution in [0.3, 0.4) is 0 Å². The van der Waals surface area contributed by atoms with Gasteiger partial charge in [-0.25, -0.2) is 4.79 Å². The molecule has 0 aliphatic rings. The number of hydrogen-bond donors (Lipinski definition) is 1. The maximum atomic E-state index is 11.3. The van der Waals surface area contributed by atoms with Gasteiger partial charge in [-0.3, -0.25) is 0 Å². The standard InChI is InChI=1S/C17H21NO3/c1-3-10-18-11-15-14-7-5-4-6-13(14)8-9-16(15)21-12-17(19)20-2/h4-9,18H,3,10-12H2,1-2H3. The van der Waals surface area contributed by atoms with E-state index in [2.05, 4.69) is 29.1 Å². The minimum Gasteiger partial charge on any atom is -0.482 e.